The summed E-state index contributed by atoms with van der Waals surface area (Å²) in [5.41, 5.74) is 0.359. The van der Waals surface area contributed by atoms with Crippen molar-refractivity contribution in [1.29, 1.82) is 5.26 Å². The molecule has 0 aliphatic carbocycles. The van der Waals surface area contributed by atoms with Crippen LogP contribution in [0, 0.1) is 11.3 Å². The minimum atomic E-state index is -0.693. The molecule has 0 atom stereocenters. The van der Waals surface area contributed by atoms with Gasteiger partial charge in [-0.15, -0.1) is 0 Å². The lowest BCUT2D eigenvalue weighted by Crippen LogP contribution is -2.05. The van der Waals surface area contributed by atoms with Crippen molar-refractivity contribution >= 4 is 11.9 Å². The summed E-state index contributed by atoms with van der Waals surface area (Å²) in [5.74, 6) is -1.13. The molecule has 0 radical (unpaired) electrons. The van der Waals surface area contributed by atoms with E-state index in [9.17, 15) is 9.59 Å². The highest BCUT2D eigenvalue weighted by Crippen LogP contribution is 1.92. The molecule has 0 aromatic heterocycles. The van der Waals surface area contributed by atoms with Crippen LogP contribution in [0.25, 0.3) is 0 Å². The summed E-state index contributed by atoms with van der Waals surface area (Å²) in [5, 5.41) is 16.1. The summed E-state index contributed by atoms with van der Waals surface area (Å²) in [6.45, 7) is 7.07. The Hall–Kier alpha value is -1.83. The maximum atomic E-state index is 10.6. The number of ether oxygens (including phenoxy) is 1. The molecule has 0 fully saturated rings. The number of rotatable bonds is 6. The first kappa shape index (κ1) is 17.6. The van der Waals surface area contributed by atoms with E-state index < -0.39 is 11.9 Å². The second-order valence-corrected chi connectivity index (χ2v) is 3.32. The van der Waals surface area contributed by atoms with E-state index in [0.717, 1.165) is 12.8 Å². The van der Waals surface area contributed by atoms with Crippen LogP contribution < -0.4 is 0 Å². The van der Waals surface area contributed by atoms with Crippen LogP contribution in [-0.2, 0) is 14.3 Å². The van der Waals surface area contributed by atoms with Gasteiger partial charge < -0.3 is 9.84 Å². The second kappa shape index (κ2) is 12.2. The van der Waals surface area contributed by atoms with E-state index >= 15 is 0 Å². The molecule has 0 aliphatic rings. The van der Waals surface area contributed by atoms with Gasteiger partial charge in [0.25, 0.3) is 0 Å². The molecule has 0 aromatic carbocycles. The van der Waals surface area contributed by atoms with Gasteiger partial charge in [0.15, 0.2) is 0 Å². The van der Waals surface area contributed by atoms with Gasteiger partial charge in [0.2, 0.25) is 0 Å². The predicted molar refractivity (Wildman–Crippen MR) is 63.2 cm³/mol. The number of hydrogen-bond donors (Lipinski definition) is 1. The van der Waals surface area contributed by atoms with Crippen molar-refractivity contribution in [1.82, 2.24) is 0 Å². The Morgan fingerprint density at radius 3 is 2.35 bits per heavy atom. The molecular formula is C12H19NO4. The quantitative estimate of drug-likeness (QED) is 0.438. The van der Waals surface area contributed by atoms with Gasteiger partial charge in [-0.3, -0.25) is 4.79 Å². The number of unbranched alkanes of at least 4 members (excludes halogenated alkanes) is 1. The van der Waals surface area contributed by atoms with Gasteiger partial charge in [-0.1, -0.05) is 19.9 Å². The van der Waals surface area contributed by atoms with Crippen LogP contribution in [-0.4, -0.2) is 23.7 Å². The van der Waals surface area contributed by atoms with Crippen molar-refractivity contribution in [3.63, 3.8) is 0 Å². The number of esters is 1. The molecule has 0 rings (SSSR count). The van der Waals surface area contributed by atoms with Gasteiger partial charge in [0.05, 0.1) is 12.5 Å². The van der Waals surface area contributed by atoms with Gasteiger partial charge in [-0.2, -0.15) is 5.26 Å². The number of nitrogens with zero attached hydrogens (tertiary/aromatic N) is 1. The lowest BCUT2D eigenvalue weighted by atomic mass is 10.3. The van der Waals surface area contributed by atoms with E-state index in [0.29, 0.717) is 12.0 Å². The van der Waals surface area contributed by atoms with E-state index in [1.807, 2.05) is 13.0 Å². The van der Waals surface area contributed by atoms with Crippen LogP contribution in [0.1, 0.15) is 39.5 Å². The first-order valence-electron chi connectivity index (χ1n) is 5.37. The Morgan fingerprint density at radius 2 is 2.06 bits per heavy atom. The van der Waals surface area contributed by atoms with Crippen LogP contribution in [0.2, 0.25) is 0 Å². The van der Waals surface area contributed by atoms with Crippen LogP contribution >= 0.6 is 0 Å². The predicted octanol–water partition coefficient (Wildman–Crippen LogP) is 2.28. The van der Waals surface area contributed by atoms with Gasteiger partial charge in [0.1, 0.15) is 6.61 Å². The first-order chi connectivity index (χ1) is 7.95. The fraction of sp³-hybridized carbons (Fsp3) is 0.583. The monoisotopic (exact) mass is 241 g/mol. The van der Waals surface area contributed by atoms with Crippen LogP contribution in [0.4, 0.5) is 0 Å². The van der Waals surface area contributed by atoms with Gasteiger partial charge in [-0.25, -0.2) is 4.79 Å². The zero-order chi connectivity index (χ0) is 13.7. The van der Waals surface area contributed by atoms with Crippen molar-refractivity contribution < 1.29 is 19.4 Å². The number of carbonyl (C=O) groups excluding carboxylic acids is 1. The van der Waals surface area contributed by atoms with Crippen molar-refractivity contribution in [3.8, 4) is 6.07 Å². The molecular weight excluding hydrogens is 222 g/mol. The van der Waals surface area contributed by atoms with E-state index in [1.54, 1.807) is 6.92 Å². The number of carboxylic acids is 1. The van der Waals surface area contributed by atoms with E-state index in [4.69, 9.17) is 10.4 Å². The zero-order valence-electron chi connectivity index (χ0n) is 10.4. The SMILES string of the molecule is C=C(C)C(=O)OCCC#N.CCCCC(=O)O. The normalized spacial score (nSPS) is 8.29. The minimum Gasteiger partial charge on any atom is -0.481 e. The third-order valence-corrected chi connectivity index (χ3v) is 1.54. The van der Waals surface area contributed by atoms with E-state index in [1.165, 1.54) is 0 Å². The zero-order valence-corrected chi connectivity index (χ0v) is 10.4. The molecule has 0 saturated carbocycles. The Labute approximate surface area is 102 Å². The van der Waals surface area contributed by atoms with Crippen LogP contribution in [0.5, 0.6) is 0 Å². The smallest absolute Gasteiger partial charge is 0.333 e. The van der Waals surface area contributed by atoms with E-state index in [-0.39, 0.29) is 13.0 Å². The Kier molecular flexibility index (Phi) is 12.6. The number of nitriles is 1. The van der Waals surface area contributed by atoms with Gasteiger partial charge in [-0.05, 0) is 13.3 Å². The highest BCUT2D eigenvalue weighted by Gasteiger charge is 2.00. The summed E-state index contributed by atoms with van der Waals surface area (Å²) in [7, 11) is 0. The van der Waals surface area contributed by atoms with Crippen molar-refractivity contribution in [3.05, 3.63) is 12.2 Å². The largest absolute Gasteiger partial charge is 0.481 e. The maximum absolute atomic E-state index is 10.6. The van der Waals surface area contributed by atoms with Gasteiger partial charge in [0, 0.05) is 12.0 Å². The number of hydrogen-bond acceptors (Lipinski definition) is 4. The van der Waals surface area contributed by atoms with Crippen molar-refractivity contribution in [2.45, 2.75) is 39.5 Å². The minimum absolute atomic E-state index is 0.155. The van der Waals surface area contributed by atoms with Crippen molar-refractivity contribution in [2.24, 2.45) is 0 Å². The molecule has 0 heterocycles. The molecule has 5 heteroatoms. The first-order valence-corrected chi connectivity index (χ1v) is 5.37. The number of carboxylic acid groups (broad SMARTS) is 1. The third kappa shape index (κ3) is 16.8. The fourth-order valence-corrected chi connectivity index (χ4v) is 0.641. The lowest BCUT2D eigenvalue weighted by molar-refractivity contribution is -0.139. The Bertz CT molecular complexity index is 291. The molecule has 0 amide bonds. The molecule has 5 nitrogen and oxygen atoms in total. The standard InChI is InChI=1S/C7H9NO2.C5H10O2/c1-6(2)7(9)10-5-3-4-8;1-2-3-4-5(6)7/h1,3,5H2,2H3;2-4H2,1H3,(H,6,7). The molecule has 0 aromatic rings. The lowest BCUT2D eigenvalue weighted by Gasteiger charge is -1.98. The summed E-state index contributed by atoms with van der Waals surface area (Å²) in [6, 6.07) is 1.86. The van der Waals surface area contributed by atoms with Gasteiger partial charge >= 0.3 is 11.9 Å². The third-order valence-electron chi connectivity index (χ3n) is 1.54. The molecule has 17 heavy (non-hydrogen) atoms. The average Bonchev–Trinajstić information content (AvgIpc) is 2.27. The summed E-state index contributed by atoms with van der Waals surface area (Å²) in [6.07, 6.45) is 2.32. The second-order valence-electron chi connectivity index (χ2n) is 3.32. The molecule has 0 spiro atoms. The van der Waals surface area contributed by atoms with Crippen LogP contribution in [0.3, 0.4) is 0 Å². The Morgan fingerprint density at radius 1 is 1.47 bits per heavy atom. The summed E-state index contributed by atoms with van der Waals surface area (Å²) in [4.78, 5) is 20.3. The molecule has 0 saturated heterocycles. The van der Waals surface area contributed by atoms with Crippen LogP contribution in [0.15, 0.2) is 12.2 Å². The number of aliphatic carboxylic acids is 1. The summed E-state index contributed by atoms with van der Waals surface area (Å²) >= 11 is 0. The molecule has 1 N–H and O–H groups in total. The molecule has 0 bridgehead atoms. The molecule has 0 aliphatic heterocycles. The topological polar surface area (TPSA) is 87.4 Å². The molecule has 96 valence electrons. The number of carbonyl (C=O) groups is 2. The highest BCUT2D eigenvalue weighted by atomic mass is 16.5. The Balaban J connectivity index is 0. The summed E-state index contributed by atoms with van der Waals surface area (Å²) < 4.78 is 4.58. The average molecular weight is 241 g/mol. The van der Waals surface area contributed by atoms with E-state index in [2.05, 4.69) is 11.3 Å². The highest BCUT2D eigenvalue weighted by molar-refractivity contribution is 5.86. The maximum Gasteiger partial charge on any atom is 0.333 e. The molecule has 0 unspecified atom stereocenters. The van der Waals surface area contributed by atoms with Crippen molar-refractivity contribution in [2.75, 3.05) is 6.61 Å². The fourth-order valence-electron chi connectivity index (χ4n) is 0.641.